The third-order valence-electron chi connectivity index (χ3n) is 3.32. The number of aromatic nitrogens is 2. The topological polar surface area (TPSA) is 68.2 Å². The molecule has 2 heterocycles. The average Bonchev–Trinajstić information content (AvgIpc) is 2.87. The van der Waals surface area contributed by atoms with Crippen molar-refractivity contribution < 1.29 is 9.53 Å². The summed E-state index contributed by atoms with van der Waals surface area (Å²) >= 11 is 0. The van der Waals surface area contributed by atoms with Crippen molar-refractivity contribution in [3.8, 4) is 0 Å². The predicted octanol–water partition coefficient (Wildman–Crippen LogP) is 1.44. The predicted molar refractivity (Wildman–Crippen MR) is 71.8 cm³/mol. The molecule has 1 aliphatic rings. The van der Waals surface area contributed by atoms with E-state index in [4.69, 9.17) is 4.74 Å². The van der Waals surface area contributed by atoms with Crippen molar-refractivity contribution in [3.63, 3.8) is 0 Å². The smallest absolute Gasteiger partial charge is 0.315 e. The summed E-state index contributed by atoms with van der Waals surface area (Å²) in [6, 6.07) is -0.161. The summed E-state index contributed by atoms with van der Waals surface area (Å²) < 4.78 is 7.89. The highest BCUT2D eigenvalue weighted by Gasteiger charge is 2.31. The maximum Gasteiger partial charge on any atom is 0.315 e. The van der Waals surface area contributed by atoms with Gasteiger partial charge in [0.1, 0.15) is 11.9 Å². The van der Waals surface area contributed by atoms with Crippen molar-refractivity contribution in [2.45, 2.75) is 45.4 Å². The van der Waals surface area contributed by atoms with Crippen LogP contribution in [0.5, 0.6) is 0 Å². The maximum absolute atomic E-state index is 11.7. The zero-order chi connectivity index (χ0) is 13.7. The quantitative estimate of drug-likeness (QED) is 0.866. The van der Waals surface area contributed by atoms with E-state index in [0.717, 1.165) is 31.8 Å². The molecule has 106 valence electrons. The second-order valence-electron chi connectivity index (χ2n) is 4.62. The van der Waals surface area contributed by atoms with Crippen molar-refractivity contribution in [1.82, 2.24) is 20.2 Å². The first kappa shape index (κ1) is 13.9. The maximum atomic E-state index is 11.7. The van der Waals surface area contributed by atoms with Crippen molar-refractivity contribution >= 4 is 6.03 Å². The van der Waals surface area contributed by atoms with Crippen molar-refractivity contribution in [3.05, 3.63) is 18.2 Å². The fourth-order valence-electron chi connectivity index (χ4n) is 2.41. The summed E-state index contributed by atoms with van der Waals surface area (Å²) in [4.78, 5) is 16.1. The van der Waals surface area contributed by atoms with E-state index in [9.17, 15) is 4.79 Å². The van der Waals surface area contributed by atoms with Gasteiger partial charge in [0.15, 0.2) is 0 Å². The van der Waals surface area contributed by atoms with E-state index in [1.54, 1.807) is 6.20 Å². The Kier molecular flexibility index (Phi) is 4.79. The average molecular weight is 266 g/mol. The fourth-order valence-corrected chi connectivity index (χ4v) is 2.41. The highest BCUT2D eigenvalue weighted by molar-refractivity contribution is 5.74. The van der Waals surface area contributed by atoms with Gasteiger partial charge in [-0.3, -0.25) is 0 Å². The van der Waals surface area contributed by atoms with Gasteiger partial charge in [0.25, 0.3) is 0 Å². The number of ether oxygens (including phenoxy) is 1. The molecule has 0 aromatic carbocycles. The Morgan fingerprint density at radius 3 is 3.16 bits per heavy atom. The number of rotatable bonds is 4. The molecule has 6 heteroatoms. The zero-order valence-corrected chi connectivity index (χ0v) is 11.6. The summed E-state index contributed by atoms with van der Waals surface area (Å²) in [5.74, 6) is 0.893. The van der Waals surface area contributed by atoms with Gasteiger partial charge >= 0.3 is 6.03 Å². The Morgan fingerprint density at radius 1 is 1.58 bits per heavy atom. The summed E-state index contributed by atoms with van der Waals surface area (Å²) in [6.07, 6.45) is 5.43. The van der Waals surface area contributed by atoms with Gasteiger partial charge in [-0.25, -0.2) is 9.78 Å². The number of urea groups is 1. The molecule has 2 amide bonds. The lowest BCUT2D eigenvalue weighted by atomic mass is 10.0. The third kappa shape index (κ3) is 3.26. The van der Waals surface area contributed by atoms with Crippen LogP contribution in [0.3, 0.4) is 0 Å². The number of carbonyl (C=O) groups is 1. The van der Waals surface area contributed by atoms with Crippen LogP contribution in [0.15, 0.2) is 12.4 Å². The molecule has 0 spiro atoms. The van der Waals surface area contributed by atoms with Gasteiger partial charge in [0, 0.05) is 32.1 Å². The molecule has 0 bridgehead atoms. The van der Waals surface area contributed by atoms with Crippen LogP contribution in [0.25, 0.3) is 0 Å². The van der Waals surface area contributed by atoms with E-state index in [0.29, 0.717) is 6.54 Å². The van der Waals surface area contributed by atoms with Crippen LogP contribution in [-0.4, -0.2) is 34.8 Å². The molecule has 1 aromatic heterocycles. The molecule has 2 atom stereocenters. The number of imidazole rings is 1. The van der Waals surface area contributed by atoms with E-state index in [-0.39, 0.29) is 18.2 Å². The monoisotopic (exact) mass is 266 g/mol. The molecular weight excluding hydrogens is 244 g/mol. The van der Waals surface area contributed by atoms with E-state index < -0.39 is 0 Å². The lowest BCUT2D eigenvalue weighted by Crippen LogP contribution is -2.47. The minimum absolute atomic E-state index is 0.0204. The number of amides is 2. The van der Waals surface area contributed by atoms with E-state index in [1.807, 2.05) is 13.1 Å². The van der Waals surface area contributed by atoms with Gasteiger partial charge in [-0.1, -0.05) is 0 Å². The van der Waals surface area contributed by atoms with Crippen LogP contribution in [0.1, 0.15) is 38.6 Å². The second kappa shape index (κ2) is 6.56. The molecular formula is C13H22N4O2. The summed E-state index contributed by atoms with van der Waals surface area (Å²) in [5, 5.41) is 5.74. The number of carbonyl (C=O) groups excluding carboxylic acids is 1. The van der Waals surface area contributed by atoms with E-state index in [2.05, 4.69) is 27.1 Å². The minimum Gasteiger partial charge on any atom is -0.368 e. The lowest BCUT2D eigenvalue weighted by Gasteiger charge is -2.32. The molecule has 0 aliphatic carbocycles. The Hall–Kier alpha value is -1.56. The first-order valence-corrected chi connectivity index (χ1v) is 6.93. The first-order chi connectivity index (χ1) is 9.26. The van der Waals surface area contributed by atoms with E-state index >= 15 is 0 Å². The number of hydrogen-bond donors (Lipinski definition) is 2. The van der Waals surface area contributed by atoms with Crippen molar-refractivity contribution in [2.24, 2.45) is 0 Å². The molecule has 1 aromatic rings. The Balaban J connectivity index is 2.09. The number of nitrogens with one attached hydrogen (secondary N) is 2. The molecule has 0 saturated carbocycles. The third-order valence-corrected chi connectivity index (χ3v) is 3.32. The summed E-state index contributed by atoms with van der Waals surface area (Å²) in [6.45, 7) is 6.16. The highest BCUT2D eigenvalue weighted by atomic mass is 16.5. The van der Waals surface area contributed by atoms with Gasteiger partial charge in [0.2, 0.25) is 0 Å². The van der Waals surface area contributed by atoms with Crippen LogP contribution in [-0.2, 0) is 11.3 Å². The van der Waals surface area contributed by atoms with Crippen molar-refractivity contribution in [2.75, 3.05) is 13.2 Å². The van der Waals surface area contributed by atoms with Crippen LogP contribution in [0, 0.1) is 0 Å². The summed E-state index contributed by atoms with van der Waals surface area (Å²) in [5.41, 5.74) is 0. The number of hydrogen-bond acceptors (Lipinski definition) is 3. The van der Waals surface area contributed by atoms with Crippen LogP contribution >= 0.6 is 0 Å². The molecule has 6 nitrogen and oxygen atoms in total. The molecule has 0 unspecified atom stereocenters. The van der Waals surface area contributed by atoms with Gasteiger partial charge in [-0.15, -0.1) is 0 Å². The van der Waals surface area contributed by atoms with Gasteiger partial charge in [-0.2, -0.15) is 0 Å². The summed E-state index contributed by atoms with van der Waals surface area (Å²) in [7, 11) is 0. The van der Waals surface area contributed by atoms with E-state index in [1.165, 1.54) is 0 Å². The molecule has 0 radical (unpaired) electrons. The molecule has 1 saturated heterocycles. The Morgan fingerprint density at radius 2 is 2.42 bits per heavy atom. The molecule has 2 rings (SSSR count). The molecule has 19 heavy (non-hydrogen) atoms. The zero-order valence-electron chi connectivity index (χ0n) is 11.6. The second-order valence-corrected chi connectivity index (χ2v) is 4.62. The van der Waals surface area contributed by atoms with Crippen LogP contribution < -0.4 is 10.6 Å². The minimum atomic E-state index is -0.161. The van der Waals surface area contributed by atoms with Crippen molar-refractivity contribution in [1.29, 1.82) is 0 Å². The molecule has 1 aliphatic heterocycles. The molecule has 2 N–H and O–H groups in total. The number of nitrogens with zero attached hydrogens (tertiary/aromatic N) is 2. The highest BCUT2D eigenvalue weighted by Crippen LogP contribution is 2.27. The first-order valence-electron chi connectivity index (χ1n) is 6.93. The molecule has 1 fully saturated rings. The normalized spacial score (nSPS) is 23.1. The standard InChI is InChI=1S/C13H22N4O2/c1-3-14-13(18)16-10-6-5-9-19-11(10)12-15-7-8-17(12)4-2/h7-8,10-11H,3-6,9H2,1-2H3,(H2,14,16,18)/t10-,11-/m1/s1. The van der Waals surface area contributed by atoms with Crippen LogP contribution in [0.2, 0.25) is 0 Å². The Labute approximate surface area is 113 Å². The lowest BCUT2D eigenvalue weighted by molar-refractivity contribution is -0.0145. The van der Waals surface area contributed by atoms with Gasteiger partial charge < -0.3 is 19.9 Å². The number of aryl methyl sites for hydroxylation is 1. The van der Waals surface area contributed by atoms with Gasteiger partial charge in [0.05, 0.1) is 6.04 Å². The fraction of sp³-hybridized carbons (Fsp3) is 0.692. The SMILES string of the molecule is CCNC(=O)N[C@@H]1CCCO[C@H]1c1nccn1CC. The van der Waals surface area contributed by atoms with Gasteiger partial charge in [-0.05, 0) is 26.7 Å². The Bertz CT molecular complexity index is 419. The largest absolute Gasteiger partial charge is 0.368 e. The van der Waals surface area contributed by atoms with Crippen LogP contribution in [0.4, 0.5) is 4.79 Å².